The van der Waals surface area contributed by atoms with Crippen LogP contribution in [-0.4, -0.2) is 158 Å². The first-order valence-electron chi connectivity index (χ1n) is 23.8. The molecular formula is C50H78N8O13. The average molecular weight is 999 g/mol. The standard InChI is InChI=1S/C24H34N4O6.C14H16N2O4.C10H20N2O3.2CH4/c1-24(2,3)33-23(31)26-13-11-19(12-14-26)34-25-21(29)20-10-9-18-15-27(20)22(30)28(18)32-16-17-7-5-4-6-8-17;17-13(18)12-7-6-11-8-15(12)14(19)16(11)20-9-10-4-2-1-3-5-10;1-10(2,3)14-9(13)12-6-4-8(15-11)5-7-12;;/h4-8,18-20H,9-16H2,1-3H3,(H,25,29);1-5,11-12H,6-9H2,(H,17,18);8H,4-7,11H2,1-3H3;2*1H4/t18-,20+;11-,12+;;;/m11.../s1. The lowest BCUT2D eigenvalue weighted by Gasteiger charge is -2.34. The summed E-state index contributed by atoms with van der Waals surface area (Å²) in [5.74, 6) is 3.82. The van der Waals surface area contributed by atoms with Crippen LogP contribution in [0, 0.1) is 0 Å². The Morgan fingerprint density at radius 1 is 0.606 bits per heavy atom. The van der Waals surface area contributed by atoms with Gasteiger partial charge in [-0.2, -0.15) is 10.1 Å². The number of likely N-dealkylation sites (tertiary alicyclic amines) is 2. The number of hydroxylamine groups is 5. The molecule has 4 N–H and O–H groups in total. The number of hydrogen-bond acceptors (Lipinski definition) is 13. The summed E-state index contributed by atoms with van der Waals surface area (Å²) in [5.41, 5.74) is 3.54. The van der Waals surface area contributed by atoms with Crippen LogP contribution >= 0.6 is 0 Å². The van der Waals surface area contributed by atoms with Crippen LogP contribution < -0.4 is 11.4 Å². The Labute approximate surface area is 418 Å². The number of ether oxygens (including phenoxy) is 2. The van der Waals surface area contributed by atoms with E-state index in [4.69, 9.17) is 39.8 Å². The Bertz CT molecular complexity index is 2040. The zero-order valence-electron chi connectivity index (χ0n) is 40.7. The van der Waals surface area contributed by atoms with Crippen molar-refractivity contribution in [3.05, 3.63) is 71.8 Å². The number of carbonyl (C=O) groups excluding carboxylic acids is 5. The zero-order chi connectivity index (χ0) is 49.9. The molecule has 6 fully saturated rings. The van der Waals surface area contributed by atoms with E-state index < -0.39 is 29.3 Å². The Kier molecular flexibility index (Phi) is 21.3. The molecule has 0 aliphatic carbocycles. The van der Waals surface area contributed by atoms with Crippen LogP contribution in [0.3, 0.4) is 0 Å². The maximum Gasteiger partial charge on any atom is 0.410 e. The molecule has 6 aliphatic heterocycles. The number of nitrogens with two attached hydrogens (primary N) is 1. The van der Waals surface area contributed by atoms with Crippen LogP contribution in [0.1, 0.15) is 119 Å². The molecule has 2 aromatic carbocycles. The van der Waals surface area contributed by atoms with Crippen LogP contribution in [0.4, 0.5) is 19.2 Å². The van der Waals surface area contributed by atoms with E-state index in [2.05, 4.69) is 5.48 Å². The number of nitrogens with one attached hydrogen (secondary N) is 1. The quantitative estimate of drug-likeness (QED) is 0.195. The molecule has 7 amide bonds. The fraction of sp³-hybridized carbons (Fsp3) is 0.640. The lowest BCUT2D eigenvalue weighted by atomic mass is 10.0. The van der Waals surface area contributed by atoms with Gasteiger partial charge >= 0.3 is 30.2 Å². The number of hydrogen-bond donors (Lipinski definition) is 3. The van der Waals surface area contributed by atoms with E-state index in [1.54, 1.807) is 14.7 Å². The fourth-order valence-electron chi connectivity index (χ4n) is 8.75. The van der Waals surface area contributed by atoms with Crippen molar-refractivity contribution in [1.82, 2.24) is 35.2 Å². The third-order valence-corrected chi connectivity index (χ3v) is 12.4. The van der Waals surface area contributed by atoms with Gasteiger partial charge in [-0.1, -0.05) is 75.5 Å². The monoisotopic (exact) mass is 999 g/mol. The number of carboxylic acid groups (broad SMARTS) is 1. The van der Waals surface area contributed by atoms with E-state index in [0.717, 1.165) is 24.0 Å². The Balaban J connectivity index is 0.000000251. The van der Waals surface area contributed by atoms with Gasteiger partial charge in [0.2, 0.25) is 0 Å². The second-order valence-electron chi connectivity index (χ2n) is 19.9. The molecule has 6 aliphatic rings. The SMILES string of the molecule is C.C.CC(C)(C)OC(=O)N1CCC(ON)CC1.CC(C)(C)OC(=O)N1CCC(ONC(=O)[C@@H]2CC[C@@H]3CN2C(=O)N3OCc2ccccc2)CC1.O=C(O)[C@@H]1CC[C@@H]2CN1C(=O)N2OCc1ccccc1. The highest BCUT2D eigenvalue weighted by Gasteiger charge is 2.49. The molecule has 0 aromatic heterocycles. The van der Waals surface area contributed by atoms with Gasteiger partial charge in [0.25, 0.3) is 5.91 Å². The second-order valence-corrected chi connectivity index (χ2v) is 19.9. The van der Waals surface area contributed by atoms with Crippen LogP contribution in [-0.2, 0) is 51.6 Å². The average Bonchev–Trinajstić information content (AvgIpc) is 3.71. The lowest BCUT2D eigenvalue weighted by Crippen LogP contribution is -2.51. The molecule has 21 heteroatoms. The number of urea groups is 2. The first-order valence-corrected chi connectivity index (χ1v) is 23.8. The normalized spacial score (nSPS) is 22.2. The van der Waals surface area contributed by atoms with E-state index in [0.29, 0.717) is 91.0 Å². The number of rotatable bonds is 11. The molecule has 0 spiro atoms. The number of fused-ring (bicyclic) bond motifs is 4. The van der Waals surface area contributed by atoms with Gasteiger partial charge in [-0.25, -0.2) is 35.3 Å². The maximum atomic E-state index is 12.9. The van der Waals surface area contributed by atoms with Crippen LogP contribution in [0.25, 0.3) is 0 Å². The Hall–Kier alpha value is -5.74. The largest absolute Gasteiger partial charge is 0.480 e. The van der Waals surface area contributed by atoms with Crippen LogP contribution in [0.2, 0.25) is 0 Å². The number of amides is 7. The van der Waals surface area contributed by atoms with Gasteiger partial charge in [0, 0.05) is 39.3 Å². The summed E-state index contributed by atoms with van der Waals surface area (Å²) in [6.45, 7) is 14.9. The molecule has 8 rings (SSSR count). The van der Waals surface area contributed by atoms with Crippen molar-refractivity contribution < 1.29 is 62.7 Å². The molecule has 0 unspecified atom stereocenters. The first-order chi connectivity index (χ1) is 32.8. The highest BCUT2D eigenvalue weighted by molar-refractivity contribution is 5.88. The van der Waals surface area contributed by atoms with Gasteiger partial charge in [-0.05, 0) is 104 Å². The number of nitrogens with zero attached hydrogens (tertiary/aromatic N) is 6. The molecular weight excluding hydrogens is 921 g/mol. The van der Waals surface area contributed by atoms with Crippen LogP contribution in [0.5, 0.6) is 0 Å². The van der Waals surface area contributed by atoms with Gasteiger partial charge < -0.3 is 39.0 Å². The van der Waals surface area contributed by atoms with Gasteiger partial charge in [-0.3, -0.25) is 19.3 Å². The minimum absolute atomic E-state index is 0. The molecule has 0 radical (unpaired) electrons. The van der Waals surface area contributed by atoms with Crippen molar-refractivity contribution in [2.24, 2.45) is 5.90 Å². The summed E-state index contributed by atoms with van der Waals surface area (Å²) < 4.78 is 10.7. The van der Waals surface area contributed by atoms with Crippen molar-refractivity contribution in [3.63, 3.8) is 0 Å². The van der Waals surface area contributed by atoms with Gasteiger partial charge in [0.05, 0.1) is 24.3 Å². The summed E-state index contributed by atoms with van der Waals surface area (Å²) in [6, 6.07) is 17.2. The highest BCUT2D eigenvalue weighted by atomic mass is 16.7. The molecule has 2 aromatic rings. The summed E-state index contributed by atoms with van der Waals surface area (Å²) in [4.78, 5) is 101. The molecule has 21 nitrogen and oxygen atoms in total. The minimum atomic E-state index is -0.943. The van der Waals surface area contributed by atoms with E-state index >= 15 is 0 Å². The van der Waals surface area contributed by atoms with E-state index in [9.17, 15) is 28.8 Å². The lowest BCUT2D eigenvalue weighted by molar-refractivity contribution is -0.146. The van der Waals surface area contributed by atoms with Gasteiger partial charge in [0.1, 0.15) is 36.5 Å². The predicted molar refractivity (Wildman–Crippen MR) is 261 cm³/mol. The third kappa shape index (κ3) is 16.4. The summed E-state index contributed by atoms with van der Waals surface area (Å²) in [5, 5.41) is 11.9. The van der Waals surface area contributed by atoms with Gasteiger partial charge in [0.15, 0.2) is 0 Å². The van der Waals surface area contributed by atoms with Crippen molar-refractivity contribution in [2.75, 3.05) is 39.3 Å². The van der Waals surface area contributed by atoms with Crippen molar-refractivity contribution in [1.29, 1.82) is 0 Å². The molecule has 396 valence electrons. The summed E-state index contributed by atoms with van der Waals surface area (Å²) in [7, 11) is 0. The molecule has 6 heterocycles. The molecule has 71 heavy (non-hydrogen) atoms. The smallest absolute Gasteiger partial charge is 0.410 e. The second kappa shape index (κ2) is 26.1. The Morgan fingerprint density at radius 2 is 1.00 bits per heavy atom. The van der Waals surface area contributed by atoms with E-state index in [-0.39, 0.29) is 69.3 Å². The number of benzene rings is 2. The zero-order valence-corrected chi connectivity index (χ0v) is 40.7. The number of aliphatic carboxylic acids is 1. The third-order valence-electron chi connectivity index (χ3n) is 12.4. The molecule has 4 bridgehead atoms. The molecule has 0 saturated carbocycles. The minimum Gasteiger partial charge on any atom is -0.480 e. The number of carboxylic acids is 1. The molecule has 4 atom stereocenters. The maximum absolute atomic E-state index is 12.9. The number of piperidine rings is 4. The van der Waals surface area contributed by atoms with Crippen LogP contribution in [0.15, 0.2) is 60.7 Å². The van der Waals surface area contributed by atoms with Crippen molar-refractivity contribution >= 4 is 36.1 Å². The topological polar surface area (TPSA) is 236 Å². The van der Waals surface area contributed by atoms with E-state index in [1.165, 1.54) is 15.0 Å². The van der Waals surface area contributed by atoms with Crippen molar-refractivity contribution in [3.8, 4) is 0 Å². The fourth-order valence-corrected chi connectivity index (χ4v) is 8.75. The van der Waals surface area contributed by atoms with E-state index in [1.807, 2.05) is 102 Å². The molecule has 6 saturated heterocycles. The summed E-state index contributed by atoms with van der Waals surface area (Å²) in [6.07, 6.45) is 4.40. The summed E-state index contributed by atoms with van der Waals surface area (Å²) >= 11 is 0. The Morgan fingerprint density at radius 3 is 1.39 bits per heavy atom. The van der Waals surface area contributed by atoms with Gasteiger partial charge in [-0.15, -0.1) is 0 Å². The highest BCUT2D eigenvalue weighted by Crippen LogP contribution is 2.32. The predicted octanol–water partition coefficient (Wildman–Crippen LogP) is 6.85. The first kappa shape index (κ1) is 57.8. The van der Waals surface area contributed by atoms with Crippen molar-refractivity contribution in [2.45, 2.75) is 169 Å². The number of carbonyl (C=O) groups is 6.